The van der Waals surface area contributed by atoms with Crippen molar-refractivity contribution in [2.75, 3.05) is 18.8 Å². The van der Waals surface area contributed by atoms with Gasteiger partial charge in [-0.1, -0.05) is 20.8 Å². The van der Waals surface area contributed by atoms with Crippen molar-refractivity contribution in [3.05, 3.63) is 33.9 Å². The highest BCUT2D eigenvalue weighted by molar-refractivity contribution is 7.99. The monoisotopic (exact) mass is 366 g/mol. The third-order valence-corrected chi connectivity index (χ3v) is 5.78. The Kier molecular flexibility index (Phi) is 5.72. The number of aliphatic carboxylic acids is 1. The number of hydrogen-bond acceptors (Lipinski definition) is 5. The maximum atomic E-state index is 12.9. The van der Waals surface area contributed by atoms with E-state index in [1.165, 1.54) is 28.8 Å². The van der Waals surface area contributed by atoms with Crippen molar-refractivity contribution in [1.82, 2.24) is 4.90 Å². The summed E-state index contributed by atoms with van der Waals surface area (Å²) < 4.78 is 0. The number of amides is 1. The van der Waals surface area contributed by atoms with Crippen LogP contribution in [0.1, 0.15) is 37.6 Å². The van der Waals surface area contributed by atoms with Gasteiger partial charge in [0.05, 0.1) is 15.9 Å². The Morgan fingerprint density at radius 2 is 2.12 bits per heavy atom. The molecule has 1 aliphatic rings. The lowest BCUT2D eigenvalue weighted by Gasteiger charge is -2.28. The molecule has 1 atom stereocenters. The Balaban J connectivity index is 2.36. The van der Waals surface area contributed by atoms with Crippen LogP contribution < -0.4 is 0 Å². The molecular formula is C17H22N2O5S. The number of likely N-dealkylation sites (tertiary alicyclic amines) is 1. The van der Waals surface area contributed by atoms with Gasteiger partial charge < -0.3 is 10.0 Å². The summed E-state index contributed by atoms with van der Waals surface area (Å²) in [6.07, 6.45) is 0.386. The summed E-state index contributed by atoms with van der Waals surface area (Å²) in [4.78, 5) is 37.4. The van der Waals surface area contributed by atoms with Crippen molar-refractivity contribution in [2.45, 2.75) is 32.1 Å². The van der Waals surface area contributed by atoms with Gasteiger partial charge in [0.2, 0.25) is 0 Å². The molecule has 7 nitrogen and oxygen atoms in total. The summed E-state index contributed by atoms with van der Waals surface area (Å²) in [7, 11) is 0. The number of thioether (sulfide) groups is 1. The molecule has 1 heterocycles. The lowest BCUT2D eigenvalue weighted by atomic mass is 9.76. The van der Waals surface area contributed by atoms with Crippen LogP contribution >= 0.6 is 11.8 Å². The zero-order valence-electron chi connectivity index (χ0n) is 14.5. The first kappa shape index (κ1) is 19.2. The molecule has 1 fully saturated rings. The van der Waals surface area contributed by atoms with Crippen LogP contribution in [0.15, 0.2) is 23.1 Å². The van der Waals surface area contributed by atoms with Crippen LogP contribution in [0.4, 0.5) is 5.69 Å². The van der Waals surface area contributed by atoms with E-state index in [0.29, 0.717) is 17.9 Å². The van der Waals surface area contributed by atoms with Crippen LogP contribution in [-0.4, -0.2) is 45.6 Å². The fourth-order valence-electron chi connectivity index (χ4n) is 3.15. The Morgan fingerprint density at radius 3 is 2.60 bits per heavy atom. The second kappa shape index (κ2) is 7.43. The SMILES string of the molecule is CCSc1ccc([N+](=O)[O-])cc1C(=O)N1CCC(C(=O)O)(C(C)C)C1. The van der Waals surface area contributed by atoms with Crippen LogP contribution in [0.2, 0.25) is 0 Å². The molecule has 0 radical (unpaired) electrons. The van der Waals surface area contributed by atoms with Crippen molar-refractivity contribution in [3.63, 3.8) is 0 Å². The molecule has 2 rings (SSSR count). The highest BCUT2D eigenvalue weighted by Crippen LogP contribution is 2.39. The van der Waals surface area contributed by atoms with Crippen LogP contribution in [0.5, 0.6) is 0 Å². The number of nitrogens with zero attached hydrogens (tertiary/aromatic N) is 2. The van der Waals surface area contributed by atoms with Gasteiger partial charge in [-0.05, 0) is 24.2 Å². The smallest absolute Gasteiger partial charge is 0.311 e. The van der Waals surface area contributed by atoms with Gasteiger partial charge in [0.1, 0.15) is 0 Å². The Hall–Kier alpha value is -2.09. The average molecular weight is 366 g/mol. The number of carbonyl (C=O) groups is 2. The number of carboxylic acids is 1. The quantitative estimate of drug-likeness (QED) is 0.471. The second-order valence-corrected chi connectivity index (χ2v) is 7.77. The van der Waals surface area contributed by atoms with Gasteiger partial charge in [0, 0.05) is 30.1 Å². The maximum absolute atomic E-state index is 12.9. The zero-order chi connectivity index (χ0) is 18.8. The number of hydrogen-bond donors (Lipinski definition) is 1. The van der Waals surface area contributed by atoms with Crippen LogP contribution in [0.25, 0.3) is 0 Å². The number of benzene rings is 1. The molecule has 25 heavy (non-hydrogen) atoms. The fourth-order valence-corrected chi connectivity index (χ4v) is 3.93. The fraction of sp³-hybridized carbons (Fsp3) is 0.529. The van der Waals surface area contributed by atoms with E-state index in [1.54, 1.807) is 6.07 Å². The average Bonchev–Trinajstić information content (AvgIpc) is 3.01. The van der Waals surface area contributed by atoms with Gasteiger partial charge in [-0.3, -0.25) is 19.7 Å². The number of nitro groups is 1. The Morgan fingerprint density at radius 1 is 1.44 bits per heavy atom. The topological polar surface area (TPSA) is 101 Å². The molecule has 1 aromatic rings. The second-order valence-electron chi connectivity index (χ2n) is 6.46. The van der Waals surface area contributed by atoms with Crippen LogP contribution in [0, 0.1) is 21.4 Å². The van der Waals surface area contributed by atoms with Crippen molar-refractivity contribution in [1.29, 1.82) is 0 Å². The molecule has 1 amide bonds. The number of non-ortho nitro benzene ring substituents is 1. The third kappa shape index (κ3) is 3.63. The standard InChI is InChI=1S/C17H22N2O5S/c1-4-25-14-6-5-12(19(23)24)9-13(14)15(20)18-8-7-17(10-18,11(2)3)16(21)22/h5-6,9,11H,4,7-8,10H2,1-3H3,(H,21,22). The van der Waals surface area contributed by atoms with E-state index in [1.807, 2.05) is 20.8 Å². The molecule has 1 N–H and O–H groups in total. The van der Waals surface area contributed by atoms with E-state index < -0.39 is 16.3 Å². The first-order valence-corrected chi connectivity index (χ1v) is 9.15. The molecule has 1 aromatic carbocycles. The minimum atomic E-state index is -0.964. The lowest BCUT2D eigenvalue weighted by Crippen LogP contribution is -2.40. The van der Waals surface area contributed by atoms with Gasteiger partial charge in [0.25, 0.3) is 11.6 Å². The number of nitro benzene ring substituents is 1. The predicted molar refractivity (Wildman–Crippen MR) is 94.9 cm³/mol. The first-order valence-electron chi connectivity index (χ1n) is 8.17. The molecule has 8 heteroatoms. The third-order valence-electron chi connectivity index (χ3n) is 4.82. The van der Waals surface area contributed by atoms with Gasteiger partial charge in [-0.25, -0.2) is 0 Å². The highest BCUT2D eigenvalue weighted by Gasteiger charge is 2.48. The van der Waals surface area contributed by atoms with Crippen molar-refractivity contribution >= 4 is 29.3 Å². The number of carboxylic acid groups (broad SMARTS) is 1. The summed E-state index contributed by atoms with van der Waals surface area (Å²) >= 11 is 1.44. The van der Waals surface area contributed by atoms with Crippen LogP contribution in [-0.2, 0) is 4.79 Å². The molecule has 1 aliphatic heterocycles. The molecule has 0 aromatic heterocycles. The van der Waals surface area contributed by atoms with E-state index in [-0.39, 0.29) is 29.6 Å². The first-order chi connectivity index (χ1) is 11.7. The highest BCUT2D eigenvalue weighted by atomic mass is 32.2. The molecule has 0 aliphatic carbocycles. The summed E-state index contributed by atoms with van der Waals surface area (Å²) in [6, 6.07) is 4.26. The molecule has 0 spiro atoms. The minimum Gasteiger partial charge on any atom is -0.481 e. The summed E-state index contributed by atoms with van der Waals surface area (Å²) in [6.45, 7) is 6.08. The van der Waals surface area contributed by atoms with Gasteiger partial charge in [-0.15, -0.1) is 11.8 Å². The largest absolute Gasteiger partial charge is 0.481 e. The predicted octanol–water partition coefficient (Wildman–Crippen LogP) is 3.28. The molecule has 0 saturated carbocycles. The van der Waals surface area contributed by atoms with Gasteiger partial charge >= 0.3 is 5.97 Å². The van der Waals surface area contributed by atoms with Gasteiger partial charge in [0.15, 0.2) is 0 Å². The molecule has 136 valence electrons. The summed E-state index contributed by atoms with van der Waals surface area (Å²) in [5.74, 6) is -0.635. The summed E-state index contributed by atoms with van der Waals surface area (Å²) in [5, 5.41) is 20.7. The number of rotatable bonds is 6. The normalized spacial score (nSPS) is 20.1. The van der Waals surface area contributed by atoms with E-state index in [2.05, 4.69) is 0 Å². The van der Waals surface area contributed by atoms with Crippen molar-refractivity contribution in [2.24, 2.45) is 11.3 Å². The minimum absolute atomic E-state index is 0.114. The van der Waals surface area contributed by atoms with Crippen molar-refractivity contribution in [3.8, 4) is 0 Å². The van der Waals surface area contributed by atoms with Gasteiger partial charge in [-0.2, -0.15) is 0 Å². The zero-order valence-corrected chi connectivity index (χ0v) is 15.3. The van der Waals surface area contributed by atoms with E-state index in [4.69, 9.17) is 0 Å². The van der Waals surface area contributed by atoms with Crippen LogP contribution in [0.3, 0.4) is 0 Å². The van der Waals surface area contributed by atoms with E-state index in [9.17, 15) is 24.8 Å². The van der Waals surface area contributed by atoms with E-state index in [0.717, 1.165) is 5.75 Å². The molecule has 1 unspecified atom stereocenters. The Bertz CT molecular complexity index is 706. The van der Waals surface area contributed by atoms with E-state index >= 15 is 0 Å². The van der Waals surface area contributed by atoms with Crippen molar-refractivity contribution < 1.29 is 19.6 Å². The molecule has 1 saturated heterocycles. The molecule has 0 bridgehead atoms. The maximum Gasteiger partial charge on any atom is 0.311 e. The molecular weight excluding hydrogens is 344 g/mol. The Labute approximate surface area is 150 Å². The summed E-state index contributed by atoms with van der Waals surface area (Å²) in [5.41, 5.74) is -0.837. The lowest BCUT2D eigenvalue weighted by molar-refractivity contribution is -0.384. The number of carbonyl (C=O) groups excluding carboxylic acids is 1.